The summed E-state index contributed by atoms with van der Waals surface area (Å²) in [7, 11) is 8.23. The number of hydrogen-bond acceptors (Lipinski definition) is 15. The Balaban J connectivity index is 0.000000246. The van der Waals surface area contributed by atoms with E-state index < -0.39 is 5.92 Å². The molecule has 7 N–H and O–H groups in total. The average Bonchev–Trinajstić information content (AvgIpc) is 4.09. The second kappa shape index (κ2) is 29.7. The molecule has 2 atom stereocenters. The van der Waals surface area contributed by atoms with Crippen molar-refractivity contribution in [1.82, 2.24) is 60.8 Å². The van der Waals surface area contributed by atoms with Crippen molar-refractivity contribution in [2.24, 2.45) is 5.73 Å². The second-order valence-electron chi connectivity index (χ2n) is 18.8. The fourth-order valence-corrected chi connectivity index (χ4v) is 9.26. The van der Waals surface area contributed by atoms with E-state index in [1.165, 1.54) is 11.8 Å². The first-order chi connectivity index (χ1) is 36.1. The number of nitrogens with two attached hydrogens (primary N) is 1. The van der Waals surface area contributed by atoms with Crippen LogP contribution in [0.2, 0.25) is 0 Å². The number of aromatic amines is 2. The van der Waals surface area contributed by atoms with Gasteiger partial charge >= 0.3 is 0 Å². The van der Waals surface area contributed by atoms with Gasteiger partial charge in [0.05, 0.1) is 34.0 Å². The van der Waals surface area contributed by atoms with Crippen molar-refractivity contribution >= 4 is 63.2 Å². The summed E-state index contributed by atoms with van der Waals surface area (Å²) in [4.78, 5) is 54.0. The van der Waals surface area contributed by atoms with Crippen LogP contribution >= 0.6 is 11.8 Å². The normalized spacial score (nSPS) is 14.0. The molecule has 410 valence electrons. The minimum Gasteiger partial charge on any atom is -0.354 e. The van der Waals surface area contributed by atoms with Crippen molar-refractivity contribution in [1.29, 1.82) is 0 Å². The molecule has 8 aromatic rings. The minimum absolute atomic E-state index is 0. The fraction of sp³-hybridized carbons (Fsp3) is 0.379. The Morgan fingerprint density at radius 1 is 0.597 bits per heavy atom. The lowest BCUT2D eigenvalue weighted by molar-refractivity contribution is -0.123. The first kappa shape index (κ1) is 60.4. The van der Waals surface area contributed by atoms with Gasteiger partial charge in [0.1, 0.15) is 11.6 Å². The maximum atomic E-state index is 13.4. The fourth-order valence-electron chi connectivity index (χ4n) is 8.90. The third-order valence-corrected chi connectivity index (χ3v) is 13.2. The summed E-state index contributed by atoms with van der Waals surface area (Å²) < 4.78 is 0. The zero-order valence-corrected chi connectivity index (χ0v) is 43.8. The number of nitrogens with zero attached hydrogens (tertiary/aromatic N) is 10. The van der Waals surface area contributed by atoms with Crippen LogP contribution in [-0.4, -0.2) is 136 Å². The molecule has 2 amide bonds. The Morgan fingerprint density at radius 3 is 1.43 bits per heavy atom. The molecule has 2 unspecified atom stereocenters. The highest BCUT2D eigenvalue weighted by Crippen LogP contribution is 2.39. The maximum Gasteiger partial charge on any atom is 0.231 e. The summed E-state index contributed by atoms with van der Waals surface area (Å²) in [6.07, 6.45) is 4.03. The highest BCUT2D eigenvalue weighted by atomic mass is 32.2. The first-order valence-electron chi connectivity index (χ1n) is 25.1. The van der Waals surface area contributed by atoms with Gasteiger partial charge < -0.3 is 41.3 Å². The number of carbonyl (C=O) groups is 2. The summed E-state index contributed by atoms with van der Waals surface area (Å²) in [5.41, 5.74) is 12.4. The molecule has 4 aromatic heterocycles. The Morgan fingerprint density at radius 2 is 1.01 bits per heavy atom. The molecule has 0 fully saturated rings. The van der Waals surface area contributed by atoms with Gasteiger partial charge in [0.15, 0.2) is 16.5 Å². The average molecular weight is 1070 g/mol. The predicted octanol–water partition coefficient (Wildman–Crippen LogP) is 8.44. The number of anilines is 3. The van der Waals surface area contributed by atoms with E-state index in [1.807, 2.05) is 103 Å². The molecule has 0 radical (unpaired) electrons. The number of thioether (sulfide) groups is 1. The number of amides is 2. The van der Waals surface area contributed by atoms with Crippen LogP contribution in [0, 0.1) is 0 Å². The van der Waals surface area contributed by atoms with Gasteiger partial charge in [-0.05, 0) is 89.2 Å². The lowest BCUT2D eigenvalue weighted by atomic mass is 9.96. The number of hydrogen-bond donors (Lipinski definition) is 6. The molecule has 0 aliphatic carbocycles. The van der Waals surface area contributed by atoms with Gasteiger partial charge in [-0.15, -0.1) is 0 Å². The molecule has 2 aliphatic rings. The van der Waals surface area contributed by atoms with Crippen LogP contribution in [0.3, 0.4) is 0 Å². The van der Waals surface area contributed by atoms with Crippen LogP contribution in [0.4, 0.5) is 17.6 Å². The van der Waals surface area contributed by atoms with Crippen molar-refractivity contribution in [3.8, 4) is 0 Å². The van der Waals surface area contributed by atoms with Gasteiger partial charge in [-0.3, -0.25) is 19.8 Å². The molecule has 6 heterocycles. The summed E-state index contributed by atoms with van der Waals surface area (Å²) in [6.45, 7) is 6.94. The maximum absolute atomic E-state index is 13.4. The molecule has 0 bridgehead atoms. The highest BCUT2D eigenvalue weighted by Gasteiger charge is 2.37. The third kappa shape index (κ3) is 16.0. The first-order valence-corrected chi connectivity index (χ1v) is 26.3. The molecule has 77 heavy (non-hydrogen) atoms. The lowest BCUT2D eigenvalue weighted by Gasteiger charge is -2.32. The van der Waals surface area contributed by atoms with Crippen molar-refractivity contribution in [2.75, 3.05) is 88.8 Å². The zero-order valence-electron chi connectivity index (χ0n) is 43.0. The Bertz CT molecular complexity index is 3030. The Kier molecular flexibility index (Phi) is 23.3. The quantitative estimate of drug-likeness (QED) is 0.0254. The summed E-state index contributed by atoms with van der Waals surface area (Å²) in [5.74, 6) is 1.32. The van der Waals surface area contributed by atoms with Crippen LogP contribution < -0.4 is 31.5 Å². The lowest BCUT2D eigenvalue weighted by Crippen LogP contribution is -2.40. The number of benzene rings is 4. The SMILES string of the molecule is C.C.C.CN(C)CCCN.CN(C)CCCNc1nc2c3c([nH]nc3n1)C(C(=O)NCc1ccccc1)CN2Cc1ccccc1.CSc1nc2c3c([nH]nc3n1)C(C(=O)NCc1ccccc1)CN2Cc1ccccc1. The summed E-state index contributed by atoms with van der Waals surface area (Å²) in [6, 6.07) is 40.3. The van der Waals surface area contributed by atoms with Crippen molar-refractivity contribution in [3.05, 3.63) is 155 Å². The van der Waals surface area contributed by atoms with E-state index in [9.17, 15) is 9.59 Å². The van der Waals surface area contributed by atoms with E-state index in [4.69, 9.17) is 15.7 Å². The van der Waals surface area contributed by atoms with Crippen LogP contribution in [0.25, 0.3) is 22.1 Å². The standard InChI is InChI=1S/C27H32N8O.C23H22N6OS.C5H14N2.3CH4/c1-34(2)15-9-14-28-27-30-24-22-23(32-33-24)21(26(36)29-16-19-10-5-3-6-11-19)18-35(25(22)31-27)17-20-12-7-4-8-13-20;1-31-23-25-20-18-19(27-28-20)17(22(30)24-12-15-8-4-2-5-9-15)14-29(21(18)26-23)13-16-10-6-3-7-11-16;1-7(2)5-3-4-6;;;/h3-8,10-13,21H,9,14-18H2,1-2H3,(H,29,36)(H2,28,30,31,32,33);2-11,17H,12-14H2,1H3,(H,24,30)(H,25,26,27,28);3-6H2,1-2H3;3*1H4. The number of nitrogens with one attached hydrogen (secondary N) is 5. The summed E-state index contributed by atoms with van der Waals surface area (Å²) >= 11 is 1.49. The van der Waals surface area contributed by atoms with Crippen LogP contribution in [-0.2, 0) is 35.8 Å². The number of H-pyrrole nitrogens is 2. The molecule has 0 saturated heterocycles. The molecule has 10 rings (SSSR count). The monoisotopic (exact) mass is 1060 g/mol. The molecule has 18 nitrogen and oxygen atoms in total. The van der Waals surface area contributed by atoms with Gasteiger partial charge in [0.2, 0.25) is 17.8 Å². The smallest absolute Gasteiger partial charge is 0.231 e. The number of carbonyl (C=O) groups excluding carboxylic acids is 2. The number of aromatic nitrogens is 8. The van der Waals surface area contributed by atoms with E-state index in [1.54, 1.807) is 0 Å². The topological polar surface area (TPSA) is 218 Å². The van der Waals surface area contributed by atoms with Gasteiger partial charge in [0, 0.05) is 45.8 Å². The van der Waals surface area contributed by atoms with Gasteiger partial charge in [-0.2, -0.15) is 20.2 Å². The van der Waals surface area contributed by atoms with E-state index >= 15 is 0 Å². The van der Waals surface area contributed by atoms with Crippen LogP contribution in [0.15, 0.2) is 126 Å². The molecular weight excluding hydrogens is 985 g/mol. The van der Waals surface area contributed by atoms with Gasteiger partial charge in [0.25, 0.3) is 0 Å². The third-order valence-electron chi connectivity index (χ3n) is 12.7. The molecule has 4 aromatic carbocycles. The highest BCUT2D eigenvalue weighted by molar-refractivity contribution is 7.98. The van der Waals surface area contributed by atoms with Gasteiger partial charge in [-0.1, -0.05) is 155 Å². The van der Waals surface area contributed by atoms with E-state index in [0.717, 1.165) is 95.1 Å². The van der Waals surface area contributed by atoms with Crippen LogP contribution in [0.1, 0.15) is 80.6 Å². The van der Waals surface area contributed by atoms with Crippen molar-refractivity contribution in [2.45, 2.75) is 78.3 Å². The van der Waals surface area contributed by atoms with E-state index in [2.05, 4.69) is 118 Å². The van der Waals surface area contributed by atoms with E-state index in [-0.39, 0.29) is 40.0 Å². The molecule has 0 spiro atoms. The predicted molar refractivity (Wildman–Crippen MR) is 316 cm³/mol. The molecule has 0 saturated carbocycles. The van der Waals surface area contributed by atoms with Crippen molar-refractivity contribution in [3.63, 3.8) is 0 Å². The van der Waals surface area contributed by atoms with Crippen LogP contribution in [0.5, 0.6) is 0 Å². The summed E-state index contributed by atoms with van der Waals surface area (Å²) in [5, 5.41) is 26.9. The number of rotatable bonds is 19. The molecule has 19 heteroatoms. The van der Waals surface area contributed by atoms with Gasteiger partial charge in [-0.25, -0.2) is 9.97 Å². The Hall–Kier alpha value is -7.45. The zero-order chi connectivity index (χ0) is 51.8. The second-order valence-corrected chi connectivity index (χ2v) is 19.6. The molecular formula is C58H80N16O2S. The van der Waals surface area contributed by atoms with E-state index in [0.29, 0.717) is 61.7 Å². The largest absolute Gasteiger partial charge is 0.354 e. The minimum atomic E-state index is -0.405. The molecule has 2 aliphatic heterocycles. The van der Waals surface area contributed by atoms with Crippen molar-refractivity contribution < 1.29 is 9.59 Å². The Labute approximate surface area is 459 Å².